The predicted molar refractivity (Wildman–Crippen MR) is 93.7 cm³/mol. The summed E-state index contributed by atoms with van der Waals surface area (Å²) in [4.78, 5) is 0.161. The molecule has 134 valence electrons. The van der Waals surface area contributed by atoms with E-state index in [1.807, 2.05) is 37.3 Å². The maximum absolute atomic E-state index is 12.4. The Morgan fingerprint density at radius 2 is 1.80 bits per heavy atom. The van der Waals surface area contributed by atoms with Gasteiger partial charge in [0.05, 0.1) is 18.1 Å². The highest BCUT2D eigenvalue weighted by Crippen LogP contribution is 2.23. The van der Waals surface area contributed by atoms with E-state index < -0.39 is 16.2 Å². The summed E-state index contributed by atoms with van der Waals surface area (Å²) in [5, 5.41) is 0. The fraction of sp³-hybridized carbons (Fsp3) is 0.368. The van der Waals surface area contributed by atoms with Gasteiger partial charge in [-0.3, -0.25) is 4.18 Å². The second-order valence-electron chi connectivity index (χ2n) is 6.10. The van der Waals surface area contributed by atoms with Gasteiger partial charge in [-0.05, 0) is 24.6 Å². The van der Waals surface area contributed by atoms with Crippen molar-refractivity contribution >= 4 is 10.1 Å². The van der Waals surface area contributed by atoms with Crippen LogP contribution in [0.4, 0.5) is 0 Å². The highest BCUT2D eigenvalue weighted by molar-refractivity contribution is 7.86. The molecule has 1 heterocycles. The van der Waals surface area contributed by atoms with Crippen LogP contribution in [0.25, 0.3) is 0 Å². The smallest absolute Gasteiger partial charge is 0.297 e. The molecule has 0 aromatic heterocycles. The average Bonchev–Trinajstić information content (AvgIpc) is 3.03. The summed E-state index contributed by atoms with van der Waals surface area (Å²) in [5.41, 5.74) is 2.06. The minimum atomic E-state index is -3.81. The molecule has 3 rings (SSSR count). The van der Waals surface area contributed by atoms with E-state index in [1.54, 1.807) is 24.3 Å². The van der Waals surface area contributed by atoms with Crippen molar-refractivity contribution in [1.29, 1.82) is 0 Å². The molecular formula is C19H22O5S. The minimum absolute atomic E-state index is 0.161. The van der Waals surface area contributed by atoms with Gasteiger partial charge < -0.3 is 9.47 Å². The van der Waals surface area contributed by atoms with Crippen molar-refractivity contribution in [3.05, 3.63) is 65.7 Å². The quantitative estimate of drug-likeness (QED) is 0.709. The minimum Gasteiger partial charge on any atom is -0.374 e. The van der Waals surface area contributed by atoms with Crippen LogP contribution in [0.3, 0.4) is 0 Å². The SMILES string of the molecule is Cc1ccc(S(=O)(=O)O[C@@H]2CCO[C@H]2COCc2ccccc2)cc1. The Morgan fingerprint density at radius 1 is 1.08 bits per heavy atom. The Morgan fingerprint density at radius 3 is 2.52 bits per heavy atom. The summed E-state index contributed by atoms with van der Waals surface area (Å²) in [5.74, 6) is 0. The Kier molecular flexibility index (Phi) is 5.86. The predicted octanol–water partition coefficient (Wildman–Crippen LogP) is 3.07. The summed E-state index contributed by atoms with van der Waals surface area (Å²) in [6.45, 7) is 3.12. The summed E-state index contributed by atoms with van der Waals surface area (Å²) in [6, 6.07) is 16.4. The Labute approximate surface area is 148 Å². The number of hydrogen-bond acceptors (Lipinski definition) is 5. The molecule has 6 heteroatoms. The van der Waals surface area contributed by atoms with Crippen LogP contribution in [0.5, 0.6) is 0 Å². The van der Waals surface area contributed by atoms with Gasteiger partial charge >= 0.3 is 0 Å². The van der Waals surface area contributed by atoms with Gasteiger partial charge in [-0.2, -0.15) is 8.42 Å². The first-order chi connectivity index (χ1) is 12.0. The lowest BCUT2D eigenvalue weighted by molar-refractivity contribution is -0.0211. The molecule has 2 aromatic rings. The summed E-state index contributed by atoms with van der Waals surface area (Å²) < 4.78 is 41.5. The zero-order valence-electron chi connectivity index (χ0n) is 14.1. The van der Waals surface area contributed by atoms with Gasteiger partial charge in [0, 0.05) is 13.0 Å². The number of hydrogen-bond donors (Lipinski definition) is 0. The number of aryl methyl sites for hydroxylation is 1. The molecule has 1 fully saturated rings. The van der Waals surface area contributed by atoms with E-state index in [1.165, 1.54) is 0 Å². The molecule has 1 aliphatic rings. The first-order valence-electron chi connectivity index (χ1n) is 8.28. The van der Waals surface area contributed by atoms with Gasteiger partial charge in [0.15, 0.2) is 0 Å². The van der Waals surface area contributed by atoms with E-state index in [0.717, 1.165) is 11.1 Å². The van der Waals surface area contributed by atoms with Crippen molar-refractivity contribution in [3.8, 4) is 0 Å². The second kappa shape index (κ2) is 8.10. The lowest BCUT2D eigenvalue weighted by Crippen LogP contribution is -2.31. The van der Waals surface area contributed by atoms with Crippen molar-refractivity contribution in [2.45, 2.75) is 37.1 Å². The fourth-order valence-corrected chi connectivity index (χ4v) is 3.81. The number of benzene rings is 2. The zero-order valence-corrected chi connectivity index (χ0v) is 14.9. The van der Waals surface area contributed by atoms with E-state index in [9.17, 15) is 8.42 Å². The van der Waals surface area contributed by atoms with Crippen LogP contribution in [-0.4, -0.2) is 33.8 Å². The van der Waals surface area contributed by atoms with Crippen LogP contribution in [0.15, 0.2) is 59.5 Å². The van der Waals surface area contributed by atoms with Crippen LogP contribution < -0.4 is 0 Å². The molecule has 0 N–H and O–H groups in total. The molecule has 2 aromatic carbocycles. The first kappa shape index (κ1) is 18.1. The van der Waals surface area contributed by atoms with Gasteiger partial charge in [-0.15, -0.1) is 0 Å². The first-order valence-corrected chi connectivity index (χ1v) is 9.69. The van der Waals surface area contributed by atoms with Crippen molar-refractivity contribution in [2.75, 3.05) is 13.2 Å². The third kappa shape index (κ3) is 4.89. The molecule has 1 aliphatic heterocycles. The number of rotatable bonds is 7. The molecule has 5 nitrogen and oxygen atoms in total. The zero-order chi connectivity index (χ0) is 17.7. The van der Waals surface area contributed by atoms with Crippen LogP contribution in [0, 0.1) is 6.92 Å². The highest BCUT2D eigenvalue weighted by atomic mass is 32.2. The molecule has 25 heavy (non-hydrogen) atoms. The molecule has 0 bridgehead atoms. The molecule has 0 unspecified atom stereocenters. The summed E-state index contributed by atoms with van der Waals surface area (Å²) in [6.07, 6.45) is -0.379. The summed E-state index contributed by atoms with van der Waals surface area (Å²) >= 11 is 0. The van der Waals surface area contributed by atoms with Crippen LogP contribution in [-0.2, 0) is 30.4 Å². The third-order valence-corrected chi connectivity index (χ3v) is 5.45. The van der Waals surface area contributed by atoms with E-state index in [0.29, 0.717) is 26.2 Å². The number of ether oxygens (including phenoxy) is 2. The monoisotopic (exact) mass is 362 g/mol. The normalized spacial score (nSPS) is 20.7. The maximum atomic E-state index is 12.4. The molecule has 0 aliphatic carbocycles. The molecule has 0 spiro atoms. The van der Waals surface area contributed by atoms with Gasteiger partial charge in [-0.25, -0.2) is 0 Å². The van der Waals surface area contributed by atoms with Crippen molar-refractivity contribution < 1.29 is 22.1 Å². The lowest BCUT2D eigenvalue weighted by atomic mass is 10.2. The standard InChI is InChI=1S/C19H22O5S/c1-15-7-9-17(10-8-15)25(20,21)24-18-11-12-23-19(18)14-22-13-16-5-3-2-4-6-16/h2-10,18-19H,11-14H2,1H3/t18-,19+/m1/s1. The average molecular weight is 362 g/mol. The van der Waals surface area contributed by atoms with E-state index in [4.69, 9.17) is 13.7 Å². The van der Waals surface area contributed by atoms with E-state index >= 15 is 0 Å². The lowest BCUT2D eigenvalue weighted by Gasteiger charge is -2.19. The molecular weight excluding hydrogens is 340 g/mol. The largest absolute Gasteiger partial charge is 0.374 e. The molecule has 0 radical (unpaired) electrons. The van der Waals surface area contributed by atoms with Crippen LogP contribution in [0.1, 0.15) is 17.5 Å². The molecule has 2 atom stereocenters. The van der Waals surface area contributed by atoms with Crippen molar-refractivity contribution in [3.63, 3.8) is 0 Å². The highest BCUT2D eigenvalue weighted by Gasteiger charge is 2.34. The third-order valence-electron chi connectivity index (χ3n) is 4.10. The van der Waals surface area contributed by atoms with Gasteiger partial charge in [-0.1, -0.05) is 48.0 Å². The van der Waals surface area contributed by atoms with Crippen LogP contribution >= 0.6 is 0 Å². The van der Waals surface area contributed by atoms with E-state index in [2.05, 4.69) is 0 Å². The molecule has 1 saturated heterocycles. The van der Waals surface area contributed by atoms with Crippen molar-refractivity contribution in [1.82, 2.24) is 0 Å². The maximum Gasteiger partial charge on any atom is 0.297 e. The Hall–Kier alpha value is -1.73. The Balaban J connectivity index is 1.57. The fourth-order valence-electron chi connectivity index (χ4n) is 2.68. The second-order valence-corrected chi connectivity index (χ2v) is 7.67. The topological polar surface area (TPSA) is 61.8 Å². The molecule has 0 saturated carbocycles. The van der Waals surface area contributed by atoms with Gasteiger partial charge in [0.2, 0.25) is 0 Å². The van der Waals surface area contributed by atoms with Crippen molar-refractivity contribution in [2.24, 2.45) is 0 Å². The van der Waals surface area contributed by atoms with Crippen LogP contribution in [0.2, 0.25) is 0 Å². The van der Waals surface area contributed by atoms with Gasteiger partial charge in [0.1, 0.15) is 12.2 Å². The van der Waals surface area contributed by atoms with Gasteiger partial charge in [0.25, 0.3) is 10.1 Å². The summed E-state index contributed by atoms with van der Waals surface area (Å²) in [7, 11) is -3.81. The Bertz CT molecular complexity index is 771. The van der Waals surface area contributed by atoms with E-state index in [-0.39, 0.29) is 11.0 Å². The molecule has 0 amide bonds.